The summed E-state index contributed by atoms with van der Waals surface area (Å²) in [6, 6.07) is 11.3. The number of hydrogen-bond donors (Lipinski definition) is 6. The second-order valence-corrected chi connectivity index (χ2v) is 12.5. The van der Waals surface area contributed by atoms with Gasteiger partial charge in [0.1, 0.15) is 18.7 Å². The van der Waals surface area contributed by atoms with E-state index >= 15 is 0 Å². The molecule has 0 aliphatic heterocycles. The van der Waals surface area contributed by atoms with Crippen LogP contribution in [0, 0.1) is 11.8 Å². The van der Waals surface area contributed by atoms with Gasteiger partial charge in [-0.05, 0) is 36.0 Å². The number of ether oxygens (including phenoxy) is 1. The van der Waals surface area contributed by atoms with Gasteiger partial charge in [-0.25, -0.2) is 9.78 Å². The Bertz CT molecular complexity index is 1410. The molecule has 48 heavy (non-hydrogen) atoms. The van der Waals surface area contributed by atoms with E-state index in [1.54, 1.807) is 30.6 Å². The van der Waals surface area contributed by atoms with Gasteiger partial charge in [-0.15, -0.1) is 0 Å². The molecule has 4 amide bonds. The van der Waals surface area contributed by atoms with Gasteiger partial charge >= 0.3 is 6.09 Å². The second-order valence-electron chi connectivity index (χ2n) is 12.5. The molecule has 0 aliphatic rings. The maximum absolute atomic E-state index is 13.8. The highest BCUT2D eigenvalue weighted by Crippen LogP contribution is 2.13. The van der Waals surface area contributed by atoms with Crippen LogP contribution in [0.1, 0.15) is 63.9 Å². The molecule has 0 spiro atoms. The smallest absolute Gasteiger partial charge is 0.408 e. The Morgan fingerprint density at radius 3 is 2.27 bits per heavy atom. The van der Waals surface area contributed by atoms with Crippen LogP contribution in [0.2, 0.25) is 0 Å². The van der Waals surface area contributed by atoms with Crippen LogP contribution in [-0.4, -0.2) is 74.6 Å². The molecule has 0 aliphatic carbocycles. The van der Waals surface area contributed by atoms with Crippen molar-refractivity contribution in [3.63, 3.8) is 0 Å². The summed E-state index contributed by atoms with van der Waals surface area (Å²) in [7, 11) is 0. The number of hydrogen-bond acceptors (Lipinski definition) is 8. The van der Waals surface area contributed by atoms with Gasteiger partial charge in [0.15, 0.2) is 0 Å². The van der Waals surface area contributed by atoms with Crippen LogP contribution >= 0.6 is 0 Å². The average Bonchev–Trinajstić information content (AvgIpc) is 3.59. The van der Waals surface area contributed by atoms with E-state index in [2.05, 4.69) is 36.2 Å². The first-order chi connectivity index (χ1) is 23.0. The van der Waals surface area contributed by atoms with Crippen molar-refractivity contribution in [2.45, 2.75) is 90.6 Å². The number of aliphatic hydroxyl groups excluding tert-OH is 1. The Hall–Kier alpha value is -4.78. The fourth-order valence-corrected chi connectivity index (χ4v) is 4.88. The molecular weight excluding hydrogens is 614 g/mol. The van der Waals surface area contributed by atoms with Crippen LogP contribution < -0.4 is 21.3 Å². The summed E-state index contributed by atoms with van der Waals surface area (Å²) in [5.41, 5.74) is 1.90. The highest BCUT2D eigenvalue weighted by Gasteiger charge is 2.32. The molecule has 2 aromatic heterocycles. The molecule has 0 bridgehead atoms. The van der Waals surface area contributed by atoms with E-state index < -0.39 is 42.1 Å². The quantitative estimate of drug-likeness (QED) is 0.113. The SMILES string of the molecule is CCC(C)CNC(=O)C[C@H](O)[C@H](CC(C)C)NC(=O)[C@H](Cc1cnc[nH]1)NC(=O)[C@H](Cc1ccccn1)NC(=O)OCc1ccccc1. The van der Waals surface area contributed by atoms with Crippen molar-refractivity contribution in [2.24, 2.45) is 11.8 Å². The number of alkyl carbamates (subject to hydrolysis) is 1. The predicted molar refractivity (Wildman–Crippen MR) is 180 cm³/mol. The number of benzene rings is 1. The summed E-state index contributed by atoms with van der Waals surface area (Å²) in [6.45, 7) is 8.45. The molecule has 13 heteroatoms. The summed E-state index contributed by atoms with van der Waals surface area (Å²) in [5, 5.41) is 22.2. The molecule has 0 fully saturated rings. The number of aromatic amines is 1. The zero-order valence-corrected chi connectivity index (χ0v) is 28.1. The summed E-state index contributed by atoms with van der Waals surface area (Å²) in [4.78, 5) is 64.2. The Morgan fingerprint density at radius 2 is 1.62 bits per heavy atom. The van der Waals surface area contributed by atoms with Crippen LogP contribution in [0.25, 0.3) is 0 Å². The van der Waals surface area contributed by atoms with E-state index in [4.69, 9.17) is 4.74 Å². The molecule has 5 atom stereocenters. The van der Waals surface area contributed by atoms with E-state index in [-0.39, 0.29) is 37.7 Å². The molecule has 0 saturated heterocycles. The number of imidazole rings is 1. The maximum atomic E-state index is 13.8. The van der Waals surface area contributed by atoms with Crippen molar-refractivity contribution in [3.8, 4) is 0 Å². The van der Waals surface area contributed by atoms with Gasteiger partial charge in [-0.3, -0.25) is 19.4 Å². The van der Waals surface area contributed by atoms with Gasteiger partial charge in [0.25, 0.3) is 0 Å². The molecule has 1 aromatic carbocycles. The molecule has 3 aromatic rings. The van der Waals surface area contributed by atoms with Crippen molar-refractivity contribution >= 4 is 23.8 Å². The molecule has 13 nitrogen and oxygen atoms in total. The normalized spacial score (nSPS) is 14.2. The van der Waals surface area contributed by atoms with Crippen LogP contribution in [0.3, 0.4) is 0 Å². The molecule has 3 rings (SSSR count). The monoisotopic (exact) mass is 663 g/mol. The number of pyridine rings is 1. The minimum Gasteiger partial charge on any atom is -0.445 e. The van der Waals surface area contributed by atoms with Crippen molar-refractivity contribution in [3.05, 3.63) is 84.2 Å². The minimum absolute atomic E-state index is 0.00464. The zero-order valence-electron chi connectivity index (χ0n) is 28.1. The first-order valence-corrected chi connectivity index (χ1v) is 16.4. The van der Waals surface area contributed by atoms with Gasteiger partial charge in [0, 0.05) is 43.2 Å². The molecule has 6 N–H and O–H groups in total. The number of aromatic nitrogens is 3. The topological polar surface area (TPSA) is 187 Å². The van der Waals surface area contributed by atoms with E-state index in [9.17, 15) is 24.3 Å². The summed E-state index contributed by atoms with van der Waals surface area (Å²) >= 11 is 0. The third-order valence-electron chi connectivity index (χ3n) is 7.83. The number of rotatable bonds is 19. The lowest BCUT2D eigenvalue weighted by atomic mass is 9.96. The first-order valence-electron chi connectivity index (χ1n) is 16.4. The second kappa shape index (κ2) is 19.8. The number of amides is 4. The summed E-state index contributed by atoms with van der Waals surface area (Å²) < 4.78 is 5.36. The zero-order chi connectivity index (χ0) is 34.9. The van der Waals surface area contributed by atoms with Crippen LogP contribution in [0.4, 0.5) is 4.79 Å². The number of H-pyrrole nitrogens is 1. The summed E-state index contributed by atoms with van der Waals surface area (Å²) in [6.07, 6.45) is 3.81. The van der Waals surface area contributed by atoms with Crippen molar-refractivity contribution < 1.29 is 29.0 Å². The van der Waals surface area contributed by atoms with Gasteiger partial charge < -0.3 is 36.1 Å². The van der Waals surface area contributed by atoms with E-state index in [0.717, 1.165) is 12.0 Å². The van der Waals surface area contributed by atoms with Crippen molar-refractivity contribution in [1.29, 1.82) is 0 Å². The van der Waals surface area contributed by atoms with Crippen LogP contribution in [0.15, 0.2) is 67.3 Å². The fraction of sp³-hybridized carbons (Fsp3) is 0.486. The number of nitrogens with zero attached hydrogens (tertiary/aromatic N) is 2. The molecular formula is C35H49N7O6. The molecule has 0 saturated carbocycles. The standard InChI is InChI=1S/C35H49N7O6/c1-5-24(4)19-38-32(44)18-31(43)28(15-23(2)3)40-33(45)29(17-27-20-36-22-39-27)41-34(46)30(16-26-13-9-10-14-37-26)42-35(47)48-21-25-11-7-6-8-12-25/h6-14,20,22-24,28-31,43H,5,15-19,21H2,1-4H3,(H,36,39)(H,38,44)(H,40,45)(H,41,46)(H,42,47)/t24?,28-,29-,30-,31-/m0/s1. The highest BCUT2D eigenvalue weighted by atomic mass is 16.5. The van der Waals surface area contributed by atoms with E-state index in [1.165, 1.54) is 6.33 Å². The van der Waals surface area contributed by atoms with Gasteiger partial charge in [0.2, 0.25) is 17.7 Å². The largest absolute Gasteiger partial charge is 0.445 e. The fourth-order valence-electron chi connectivity index (χ4n) is 4.88. The Labute approximate surface area is 282 Å². The number of carbonyl (C=O) groups excluding carboxylic acids is 4. The average molecular weight is 664 g/mol. The lowest BCUT2D eigenvalue weighted by molar-refractivity contribution is -0.131. The third-order valence-corrected chi connectivity index (χ3v) is 7.83. The third kappa shape index (κ3) is 13.5. The molecule has 1 unspecified atom stereocenters. The lowest BCUT2D eigenvalue weighted by Gasteiger charge is -2.29. The number of carbonyl (C=O) groups is 4. The van der Waals surface area contributed by atoms with Crippen LogP contribution in [0.5, 0.6) is 0 Å². The molecule has 2 heterocycles. The van der Waals surface area contributed by atoms with Crippen molar-refractivity contribution in [2.75, 3.05) is 6.54 Å². The maximum Gasteiger partial charge on any atom is 0.408 e. The number of nitrogens with one attached hydrogen (secondary N) is 5. The molecule has 260 valence electrons. The van der Waals surface area contributed by atoms with E-state index in [0.29, 0.717) is 30.3 Å². The number of aliphatic hydroxyl groups is 1. The predicted octanol–water partition coefficient (Wildman–Crippen LogP) is 2.81. The Balaban J connectivity index is 1.76. The highest BCUT2D eigenvalue weighted by molar-refractivity contribution is 5.91. The van der Waals surface area contributed by atoms with E-state index in [1.807, 2.05) is 58.0 Å². The van der Waals surface area contributed by atoms with Crippen molar-refractivity contribution in [1.82, 2.24) is 36.2 Å². The van der Waals surface area contributed by atoms with Gasteiger partial charge in [0.05, 0.1) is 24.9 Å². The summed E-state index contributed by atoms with van der Waals surface area (Å²) in [5.74, 6) is -1.13. The van der Waals surface area contributed by atoms with Gasteiger partial charge in [-0.1, -0.05) is 70.5 Å². The first kappa shape index (κ1) is 37.7. The lowest BCUT2D eigenvalue weighted by Crippen LogP contribution is -2.57. The Morgan fingerprint density at radius 1 is 0.917 bits per heavy atom. The van der Waals surface area contributed by atoms with Gasteiger partial charge in [-0.2, -0.15) is 0 Å². The van der Waals surface area contributed by atoms with Crippen LogP contribution in [-0.2, 0) is 38.6 Å². The molecule has 0 radical (unpaired) electrons. The Kier molecular flexibility index (Phi) is 15.5. The minimum atomic E-state index is -1.16.